The highest BCUT2D eigenvalue weighted by Crippen LogP contribution is 2.43. The van der Waals surface area contributed by atoms with Crippen LogP contribution in [0, 0.1) is 0 Å². The number of aromatic nitrogens is 4. The summed E-state index contributed by atoms with van der Waals surface area (Å²) in [4.78, 5) is 10.7. The molecule has 11 aromatic rings. The summed E-state index contributed by atoms with van der Waals surface area (Å²) in [5.74, 6) is 0.683. The third-order valence-electron chi connectivity index (χ3n) is 10.7. The summed E-state index contributed by atoms with van der Waals surface area (Å²) in [6.07, 6.45) is 0. The summed E-state index contributed by atoms with van der Waals surface area (Å²) in [6, 6.07) is 68.9. The van der Waals surface area contributed by atoms with Crippen molar-refractivity contribution in [3.8, 4) is 45.3 Å². The predicted molar refractivity (Wildman–Crippen MR) is 225 cm³/mol. The van der Waals surface area contributed by atoms with Crippen molar-refractivity contribution in [3.05, 3.63) is 194 Å². The van der Waals surface area contributed by atoms with Gasteiger partial charge in [0.25, 0.3) is 0 Å². The molecule has 0 fully saturated rings. The summed E-state index contributed by atoms with van der Waals surface area (Å²) >= 11 is 0. The van der Waals surface area contributed by atoms with Gasteiger partial charge in [0.1, 0.15) is 0 Å². The monoisotopic (exact) mass is 688 g/mol. The highest BCUT2D eigenvalue weighted by molar-refractivity contribution is 6.29. The van der Waals surface area contributed by atoms with E-state index in [2.05, 4.69) is 197 Å². The maximum atomic E-state index is 5.38. The average Bonchev–Trinajstić information content (AvgIpc) is 3.77. The molecule has 0 atom stereocenters. The molecule has 0 saturated heterocycles. The molecule has 8 aromatic carbocycles. The molecule has 0 amide bonds. The molecule has 0 aliphatic heterocycles. The molecule has 4 heteroatoms. The molecule has 0 radical (unpaired) electrons. The number of rotatable bonds is 5. The van der Waals surface area contributed by atoms with Gasteiger partial charge >= 0.3 is 0 Å². The van der Waals surface area contributed by atoms with Crippen LogP contribution in [0.2, 0.25) is 0 Å². The highest BCUT2D eigenvalue weighted by atomic mass is 15.0. The van der Waals surface area contributed by atoms with Gasteiger partial charge in [0.05, 0.1) is 39.1 Å². The van der Waals surface area contributed by atoms with Crippen molar-refractivity contribution in [2.24, 2.45) is 0 Å². The maximum Gasteiger partial charge on any atom is 0.162 e. The lowest BCUT2D eigenvalue weighted by Gasteiger charge is -2.15. The SMILES string of the molecule is c1ccc(-c2cc(-c3cccc4ccccc34)nc(-c3ccccc3-n3c4ccccc4c4c5c6ccccc6n(-c6ccccc6)c5ccc43)n2)cc1. The fourth-order valence-corrected chi connectivity index (χ4v) is 8.40. The first kappa shape index (κ1) is 30.3. The lowest BCUT2D eigenvalue weighted by Crippen LogP contribution is -2.01. The Kier molecular flexibility index (Phi) is 6.82. The van der Waals surface area contributed by atoms with Crippen LogP contribution in [-0.2, 0) is 0 Å². The van der Waals surface area contributed by atoms with Crippen LogP contribution in [0.4, 0.5) is 0 Å². The van der Waals surface area contributed by atoms with Crippen LogP contribution in [0.1, 0.15) is 0 Å². The van der Waals surface area contributed by atoms with E-state index in [4.69, 9.17) is 9.97 Å². The van der Waals surface area contributed by atoms with Gasteiger partial charge in [0, 0.05) is 43.9 Å². The van der Waals surface area contributed by atoms with Gasteiger partial charge in [-0.15, -0.1) is 0 Å². The van der Waals surface area contributed by atoms with Crippen molar-refractivity contribution in [3.63, 3.8) is 0 Å². The van der Waals surface area contributed by atoms with E-state index >= 15 is 0 Å². The molecule has 54 heavy (non-hydrogen) atoms. The van der Waals surface area contributed by atoms with Gasteiger partial charge in [0.2, 0.25) is 0 Å². The van der Waals surface area contributed by atoms with Crippen LogP contribution in [0.25, 0.3) is 99.7 Å². The molecule has 252 valence electrons. The maximum absolute atomic E-state index is 5.38. The minimum Gasteiger partial charge on any atom is -0.309 e. The van der Waals surface area contributed by atoms with E-state index < -0.39 is 0 Å². The molecular formula is C50H32N4. The summed E-state index contributed by atoms with van der Waals surface area (Å²) < 4.78 is 4.80. The van der Waals surface area contributed by atoms with E-state index in [0.717, 1.165) is 55.9 Å². The topological polar surface area (TPSA) is 35.6 Å². The average molecular weight is 689 g/mol. The Morgan fingerprint density at radius 3 is 1.65 bits per heavy atom. The first-order chi connectivity index (χ1) is 26.8. The highest BCUT2D eigenvalue weighted by Gasteiger charge is 2.22. The lowest BCUT2D eigenvalue weighted by atomic mass is 10.0. The van der Waals surface area contributed by atoms with E-state index in [-0.39, 0.29) is 0 Å². The van der Waals surface area contributed by atoms with Crippen molar-refractivity contribution >= 4 is 54.4 Å². The molecular weight excluding hydrogens is 657 g/mol. The van der Waals surface area contributed by atoms with Crippen molar-refractivity contribution in [2.45, 2.75) is 0 Å². The predicted octanol–water partition coefficient (Wildman–Crippen LogP) is 12.8. The van der Waals surface area contributed by atoms with Gasteiger partial charge in [-0.1, -0.05) is 140 Å². The summed E-state index contributed by atoms with van der Waals surface area (Å²) in [5.41, 5.74) is 11.7. The van der Waals surface area contributed by atoms with Gasteiger partial charge in [-0.25, -0.2) is 9.97 Å². The van der Waals surface area contributed by atoms with Gasteiger partial charge in [-0.05, 0) is 65.4 Å². The Bertz CT molecular complexity index is 3200. The van der Waals surface area contributed by atoms with Crippen LogP contribution in [0.15, 0.2) is 194 Å². The smallest absolute Gasteiger partial charge is 0.162 e. The van der Waals surface area contributed by atoms with E-state index in [1.54, 1.807) is 0 Å². The molecule has 0 spiro atoms. The van der Waals surface area contributed by atoms with E-state index in [0.29, 0.717) is 5.82 Å². The first-order valence-electron chi connectivity index (χ1n) is 18.3. The van der Waals surface area contributed by atoms with Crippen LogP contribution in [-0.4, -0.2) is 19.1 Å². The van der Waals surface area contributed by atoms with Crippen molar-refractivity contribution in [2.75, 3.05) is 0 Å². The third kappa shape index (κ3) is 4.64. The van der Waals surface area contributed by atoms with E-state index in [1.165, 1.54) is 38.0 Å². The number of fused-ring (bicyclic) bond motifs is 8. The van der Waals surface area contributed by atoms with E-state index in [9.17, 15) is 0 Å². The van der Waals surface area contributed by atoms with Crippen LogP contribution < -0.4 is 0 Å². The molecule has 3 heterocycles. The number of hydrogen-bond acceptors (Lipinski definition) is 2. The van der Waals surface area contributed by atoms with Crippen LogP contribution in [0.5, 0.6) is 0 Å². The number of para-hydroxylation sites is 4. The Hall–Kier alpha value is -7.30. The molecule has 11 rings (SSSR count). The second kappa shape index (κ2) is 12.1. The normalized spacial score (nSPS) is 11.7. The minimum atomic E-state index is 0.683. The summed E-state index contributed by atoms with van der Waals surface area (Å²) in [5, 5.41) is 7.27. The number of benzene rings is 8. The second-order valence-electron chi connectivity index (χ2n) is 13.8. The zero-order valence-corrected chi connectivity index (χ0v) is 29.3. The van der Waals surface area contributed by atoms with Crippen molar-refractivity contribution < 1.29 is 0 Å². The summed E-state index contributed by atoms with van der Waals surface area (Å²) in [7, 11) is 0. The van der Waals surface area contributed by atoms with Crippen molar-refractivity contribution in [1.82, 2.24) is 19.1 Å². The molecule has 0 aliphatic carbocycles. The minimum absolute atomic E-state index is 0.683. The third-order valence-corrected chi connectivity index (χ3v) is 10.7. The molecule has 0 aliphatic rings. The fourth-order valence-electron chi connectivity index (χ4n) is 8.40. The van der Waals surface area contributed by atoms with Crippen molar-refractivity contribution in [1.29, 1.82) is 0 Å². The molecule has 4 nitrogen and oxygen atoms in total. The zero-order chi connectivity index (χ0) is 35.6. The second-order valence-corrected chi connectivity index (χ2v) is 13.8. The molecule has 3 aromatic heterocycles. The lowest BCUT2D eigenvalue weighted by molar-refractivity contribution is 1.14. The quantitative estimate of drug-likeness (QED) is 0.180. The number of hydrogen-bond donors (Lipinski definition) is 0. The largest absolute Gasteiger partial charge is 0.309 e. The molecule has 0 saturated carbocycles. The molecule has 0 unspecified atom stereocenters. The molecule has 0 N–H and O–H groups in total. The summed E-state index contributed by atoms with van der Waals surface area (Å²) in [6.45, 7) is 0. The van der Waals surface area contributed by atoms with E-state index in [1.807, 2.05) is 6.07 Å². The van der Waals surface area contributed by atoms with Crippen LogP contribution in [0.3, 0.4) is 0 Å². The van der Waals surface area contributed by atoms with Gasteiger partial charge < -0.3 is 9.13 Å². The van der Waals surface area contributed by atoms with Gasteiger partial charge in [0.15, 0.2) is 5.82 Å². The Morgan fingerprint density at radius 1 is 0.352 bits per heavy atom. The Balaban J connectivity index is 1.21. The van der Waals surface area contributed by atoms with Crippen LogP contribution >= 0.6 is 0 Å². The Morgan fingerprint density at radius 2 is 0.889 bits per heavy atom. The van der Waals surface area contributed by atoms with Gasteiger partial charge in [-0.3, -0.25) is 0 Å². The van der Waals surface area contributed by atoms with Gasteiger partial charge in [-0.2, -0.15) is 0 Å². The first-order valence-corrected chi connectivity index (χ1v) is 18.3. The Labute approximate surface area is 311 Å². The molecule has 0 bridgehead atoms. The standard InChI is InChI=1S/C50H32N4/c1-3-17-34(18-4-1)41-32-42(37-26-15-19-33-16-7-8-22-36(33)37)52-50(51-41)40-25-11-14-29-45(40)54-44-28-13-10-24-39(44)49-47(54)31-30-46-48(49)38-23-9-12-27-43(38)53(46)35-20-5-2-6-21-35/h1-32H. The number of nitrogens with zero attached hydrogens (tertiary/aromatic N) is 4. The zero-order valence-electron chi connectivity index (χ0n) is 29.3. The fraction of sp³-hybridized carbons (Fsp3) is 0.